The molecule has 0 aliphatic heterocycles. The molecule has 0 aliphatic rings. The van der Waals surface area contributed by atoms with Crippen molar-refractivity contribution in [2.45, 2.75) is 187 Å². The number of rotatable bonds is 1. The van der Waals surface area contributed by atoms with Crippen molar-refractivity contribution < 1.29 is 32.7 Å². The molecule has 0 amide bonds. The van der Waals surface area contributed by atoms with E-state index < -0.39 is 0 Å². The summed E-state index contributed by atoms with van der Waals surface area (Å²) in [5.74, 6) is 0. The molecule has 0 aliphatic carbocycles. The molecule has 1 aromatic heterocycles. The molecule has 1 heterocycles. The molecular formula is C92H121NY-2. The van der Waals surface area contributed by atoms with Crippen molar-refractivity contribution >= 4 is 64.9 Å². The van der Waals surface area contributed by atoms with Crippen LogP contribution in [0.3, 0.4) is 0 Å². The molecule has 2 heteroatoms. The zero-order chi connectivity index (χ0) is 70.6. The molecule has 12 aromatic carbocycles. The third-order valence-corrected chi connectivity index (χ3v) is 14.3. The Labute approximate surface area is 600 Å². The number of para-hydroxylation sites is 1. The average Bonchev–Trinajstić information content (AvgIpc) is 1.62. The monoisotopic (exact) mass is 1330 g/mol. The van der Waals surface area contributed by atoms with Crippen LogP contribution in [-0.4, -0.2) is 4.57 Å². The van der Waals surface area contributed by atoms with Crippen LogP contribution in [0.1, 0.15) is 172 Å². The van der Waals surface area contributed by atoms with Crippen molar-refractivity contribution in [2.75, 3.05) is 0 Å². The van der Waals surface area contributed by atoms with Crippen molar-refractivity contribution in [3.8, 4) is 11.1 Å². The van der Waals surface area contributed by atoms with Gasteiger partial charge in [0.05, 0.1) is 0 Å². The van der Waals surface area contributed by atoms with E-state index >= 15 is 0 Å². The van der Waals surface area contributed by atoms with Gasteiger partial charge in [-0.05, 0) is 145 Å². The minimum Gasteiger partial charge on any atom is -0.344 e. The summed E-state index contributed by atoms with van der Waals surface area (Å²) in [6, 6.07) is 86.0. The van der Waals surface area contributed by atoms with E-state index in [2.05, 4.69) is 324 Å². The molecule has 0 atom stereocenters. The quantitative estimate of drug-likeness (QED) is 0.144. The average molecular weight is 1330 g/mol. The van der Waals surface area contributed by atoms with Crippen molar-refractivity contribution in [3.05, 3.63) is 298 Å². The summed E-state index contributed by atoms with van der Waals surface area (Å²) < 4.78 is 2.26. The molecule has 1 nitrogen and oxygen atoms in total. The molecule has 0 unspecified atom stereocenters. The van der Waals surface area contributed by atoms with Gasteiger partial charge in [0.1, 0.15) is 0 Å². The zero-order valence-corrected chi connectivity index (χ0v) is 66.7. The predicted molar refractivity (Wildman–Crippen MR) is 429 cm³/mol. The van der Waals surface area contributed by atoms with Crippen LogP contribution in [0.25, 0.3) is 76.0 Å². The summed E-state index contributed by atoms with van der Waals surface area (Å²) in [6.07, 6.45) is 0. The number of fused-ring (bicyclic) bond motifs is 7. The van der Waals surface area contributed by atoms with Gasteiger partial charge in [-0.2, -0.15) is 36.4 Å². The van der Waals surface area contributed by atoms with E-state index in [0.29, 0.717) is 0 Å². The largest absolute Gasteiger partial charge is 0.344 e. The SMILES string of the molecule is CC.CC.CC.CC.CC.CC.CC.CC.Cc1[c-]c(-c2[c-]c(C)ccc2)ccc1.Cc1cc(C)c2ccccc2c1.Cc1ccc2c(C)cccc2c1.Cc1ccc2c(C)cccc2c1.Cc1ccc2cccc(C)c2c1.Cc1cccc2c1c1ccccc1n2C.[Y]. The molecule has 0 N–H and O–H groups in total. The number of aryl methyl sites for hydroxylation is 12. The smallest absolute Gasteiger partial charge is 0.0491 e. The van der Waals surface area contributed by atoms with E-state index in [1.165, 1.54) is 115 Å². The molecular weight excluding hydrogens is 1210 g/mol. The number of hydrogen-bond acceptors (Lipinski definition) is 0. The summed E-state index contributed by atoms with van der Waals surface area (Å²) in [6.45, 7) is 55.4. The van der Waals surface area contributed by atoms with Gasteiger partial charge in [0.25, 0.3) is 0 Å². The first-order chi connectivity index (χ1) is 45.1. The maximum absolute atomic E-state index is 3.32. The Bertz CT molecular complexity index is 3990. The third kappa shape index (κ3) is 27.9. The van der Waals surface area contributed by atoms with Crippen LogP contribution in [-0.2, 0) is 39.8 Å². The minimum atomic E-state index is 0. The Morgan fingerprint density at radius 1 is 0.234 bits per heavy atom. The van der Waals surface area contributed by atoms with Gasteiger partial charge in [0.2, 0.25) is 0 Å². The Morgan fingerprint density at radius 2 is 0.564 bits per heavy atom. The third-order valence-electron chi connectivity index (χ3n) is 14.3. The minimum absolute atomic E-state index is 0. The van der Waals surface area contributed by atoms with Crippen LogP contribution in [0.2, 0.25) is 0 Å². The summed E-state index contributed by atoms with van der Waals surface area (Å²) in [4.78, 5) is 0. The molecule has 94 heavy (non-hydrogen) atoms. The maximum atomic E-state index is 3.32. The first-order valence-electron chi connectivity index (χ1n) is 34.9. The van der Waals surface area contributed by atoms with Gasteiger partial charge in [0.15, 0.2) is 0 Å². The molecule has 0 fully saturated rings. The van der Waals surface area contributed by atoms with E-state index in [4.69, 9.17) is 0 Å². The molecule has 0 spiro atoms. The Hall–Kier alpha value is -7.42. The van der Waals surface area contributed by atoms with Crippen LogP contribution in [0.15, 0.2) is 224 Å². The summed E-state index contributed by atoms with van der Waals surface area (Å²) in [5.41, 5.74) is 19.3. The fourth-order valence-electron chi connectivity index (χ4n) is 10.2. The number of hydrogen-bond donors (Lipinski definition) is 0. The van der Waals surface area contributed by atoms with E-state index in [1.807, 2.05) is 111 Å². The van der Waals surface area contributed by atoms with Crippen LogP contribution in [0, 0.1) is 88.3 Å². The van der Waals surface area contributed by atoms with Gasteiger partial charge in [0, 0.05) is 61.6 Å². The first-order valence-corrected chi connectivity index (χ1v) is 34.9. The summed E-state index contributed by atoms with van der Waals surface area (Å²) >= 11 is 0. The fourth-order valence-corrected chi connectivity index (χ4v) is 10.2. The van der Waals surface area contributed by atoms with Crippen LogP contribution in [0.5, 0.6) is 0 Å². The normalized spacial score (nSPS) is 9.19. The second-order valence-corrected chi connectivity index (χ2v) is 20.7. The molecule has 499 valence electrons. The summed E-state index contributed by atoms with van der Waals surface area (Å²) in [5, 5.41) is 13.6. The maximum Gasteiger partial charge on any atom is 0.0491 e. The second kappa shape index (κ2) is 51.0. The molecule has 0 saturated heterocycles. The van der Waals surface area contributed by atoms with Crippen molar-refractivity contribution in [1.29, 1.82) is 0 Å². The van der Waals surface area contributed by atoms with Gasteiger partial charge in [-0.15, -0.1) is 23.3 Å². The van der Waals surface area contributed by atoms with E-state index in [9.17, 15) is 0 Å². The van der Waals surface area contributed by atoms with Crippen molar-refractivity contribution in [3.63, 3.8) is 0 Å². The fraction of sp³-hybridized carbons (Fsp3) is 0.304. The molecule has 0 bridgehead atoms. The van der Waals surface area contributed by atoms with Crippen LogP contribution in [0.4, 0.5) is 0 Å². The van der Waals surface area contributed by atoms with Gasteiger partial charge in [-0.3, -0.25) is 0 Å². The zero-order valence-electron chi connectivity index (χ0n) is 63.9. The van der Waals surface area contributed by atoms with E-state index in [0.717, 1.165) is 22.3 Å². The summed E-state index contributed by atoms with van der Waals surface area (Å²) in [7, 11) is 2.13. The Balaban J connectivity index is 0. The predicted octanol–water partition coefficient (Wildman–Crippen LogP) is 29.2. The number of aromatic nitrogens is 1. The van der Waals surface area contributed by atoms with Gasteiger partial charge >= 0.3 is 0 Å². The van der Waals surface area contributed by atoms with Crippen LogP contribution >= 0.6 is 0 Å². The Morgan fingerprint density at radius 3 is 1.03 bits per heavy atom. The van der Waals surface area contributed by atoms with E-state index in [1.54, 1.807) is 0 Å². The Kier molecular flexibility index (Phi) is 48.1. The first kappa shape index (κ1) is 88.6. The van der Waals surface area contributed by atoms with Gasteiger partial charge in [-0.1, -0.05) is 323 Å². The number of benzene rings is 12. The molecule has 1 radical (unpaired) electrons. The topological polar surface area (TPSA) is 4.93 Å². The standard InChI is InChI=1S/C14H13N.C14H12.4C12H12.8C2H6.Y/c1-10-6-5-9-13-14(10)11-7-3-4-8-12(11)15(13)2;1-11-5-3-7-13(9-11)14-8-4-6-12(2)10-14;2*1-9-6-7-12-10(2)4-3-5-11(12)8-9;1-9-6-7-11-5-3-4-10(2)12(11)8-9;1-9-7-10(2)12-6-4-3-5-11(12)8-9;8*1-2;/h3-9H,1-2H3;3-8H,1-2H3;4*3-8H,1-2H3;8*1-2H3;/q;-2;;;;;;;;;;;;;. The van der Waals surface area contributed by atoms with Crippen molar-refractivity contribution in [2.24, 2.45) is 7.05 Å². The molecule has 0 saturated carbocycles. The number of nitrogens with zero attached hydrogens (tertiary/aromatic N) is 1. The second-order valence-electron chi connectivity index (χ2n) is 20.7. The molecule has 13 aromatic rings. The van der Waals surface area contributed by atoms with Gasteiger partial charge in [-0.25, -0.2) is 11.1 Å². The van der Waals surface area contributed by atoms with Crippen LogP contribution < -0.4 is 0 Å². The van der Waals surface area contributed by atoms with Gasteiger partial charge < -0.3 is 4.57 Å². The van der Waals surface area contributed by atoms with Crippen molar-refractivity contribution in [1.82, 2.24) is 4.57 Å². The van der Waals surface area contributed by atoms with E-state index in [-0.39, 0.29) is 32.7 Å². The molecule has 13 rings (SSSR count).